The van der Waals surface area contributed by atoms with Gasteiger partial charge in [0.1, 0.15) is 24.1 Å². The third-order valence-electron chi connectivity index (χ3n) is 3.74. The van der Waals surface area contributed by atoms with E-state index in [2.05, 4.69) is 15.0 Å². The van der Waals surface area contributed by atoms with E-state index >= 15 is 0 Å². The summed E-state index contributed by atoms with van der Waals surface area (Å²) in [5.41, 5.74) is 0.231. The van der Waals surface area contributed by atoms with Crippen LogP contribution in [0.2, 0.25) is 0 Å². The van der Waals surface area contributed by atoms with Crippen LogP contribution in [0.25, 0.3) is 11.2 Å². The first kappa shape index (κ1) is 15.1. The van der Waals surface area contributed by atoms with E-state index in [0.717, 1.165) is 0 Å². The number of hydrogen-bond donors (Lipinski definition) is 2. The second kappa shape index (κ2) is 5.76. The van der Waals surface area contributed by atoms with E-state index in [4.69, 9.17) is 14.2 Å². The Labute approximate surface area is 125 Å². The Hall–Kier alpha value is -1.81. The number of aromatic nitrogens is 4. The van der Waals surface area contributed by atoms with Gasteiger partial charge in [-0.3, -0.25) is 9.36 Å². The number of aliphatic hydroxyl groups is 1. The Morgan fingerprint density at radius 3 is 2.95 bits per heavy atom. The van der Waals surface area contributed by atoms with Gasteiger partial charge in [0.15, 0.2) is 17.4 Å². The van der Waals surface area contributed by atoms with Crippen molar-refractivity contribution >= 4 is 11.2 Å². The van der Waals surface area contributed by atoms with Gasteiger partial charge in [-0.1, -0.05) is 0 Å². The summed E-state index contributed by atoms with van der Waals surface area (Å²) in [6.45, 7) is 1.96. The first-order valence-corrected chi connectivity index (χ1v) is 6.85. The topological polar surface area (TPSA) is 111 Å². The maximum Gasteiger partial charge on any atom is 0.279 e. The standard InChI is InChI=1S/C13H18N4O5/c1-6-15-11-8(12(19)16-6)14-5-17(11)13-9(18)10(21-3)7(22-13)4-20-2/h5,7,9-10,13,18H,4H2,1-3H3,(H,15,16,19)/t7-,9+,10+,13-/m1/s1. The Bertz CT molecular complexity index is 727. The van der Waals surface area contributed by atoms with Gasteiger partial charge in [0.05, 0.1) is 12.9 Å². The fourth-order valence-corrected chi connectivity index (χ4v) is 2.76. The number of imidazole rings is 1. The number of rotatable bonds is 4. The highest BCUT2D eigenvalue weighted by atomic mass is 16.6. The minimum absolute atomic E-state index is 0.200. The van der Waals surface area contributed by atoms with Crippen molar-refractivity contribution in [3.63, 3.8) is 0 Å². The van der Waals surface area contributed by atoms with Crippen molar-refractivity contribution in [1.82, 2.24) is 19.5 Å². The summed E-state index contributed by atoms with van der Waals surface area (Å²) in [5.74, 6) is 0.462. The van der Waals surface area contributed by atoms with Crippen molar-refractivity contribution in [1.29, 1.82) is 0 Å². The molecule has 1 saturated heterocycles. The number of H-pyrrole nitrogens is 1. The average Bonchev–Trinajstić information content (AvgIpc) is 3.01. The minimum atomic E-state index is -0.927. The van der Waals surface area contributed by atoms with Crippen molar-refractivity contribution in [3.05, 3.63) is 22.5 Å². The molecule has 120 valence electrons. The van der Waals surface area contributed by atoms with Gasteiger partial charge in [-0.15, -0.1) is 0 Å². The van der Waals surface area contributed by atoms with Crippen LogP contribution in [0.15, 0.2) is 11.1 Å². The van der Waals surface area contributed by atoms with Crippen LogP contribution in [0.3, 0.4) is 0 Å². The fourth-order valence-electron chi connectivity index (χ4n) is 2.76. The highest BCUT2D eigenvalue weighted by Crippen LogP contribution is 2.32. The smallest absolute Gasteiger partial charge is 0.279 e. The predicted molar refractivity (Wildman–Crippen MR) is 75.5 cm³/mol. The van der Waals surface area contributed by atoms with Crippen molar-refractivity contribution in [3.8, 4) is 0 Å². The second-order valence-corrected chi connectivity index (χ2v) is 5.19. The van der Waals surface area contributed by atoms with Gasteiger partial charge in [-0.05, 0) is 6.92 Å². The molecular weight excluding hydrogens is 292 g/mol. The van der Waals surface area contributed by atoms with Gasteiger partial charge >= 0.3 is 0 Å². The van der Waals surface area contributed by atoms with E-state index in [1.165, 1.54) is 13.4 Å². The normalized spacial score (nSPS) is 28.5. The van der Waals surface area contributed by atoms with Gasteiger partial charge in [0.2, 0.25) is 0 Å². The molecule has 1 aliphatic rings. The van der Waals surface area contributed by atoms with E-state index in [9.17, 15) is 9.90 Å². The van der Waals surface area contributed by atoms with Crippen molar-refractivity contribution < 1.29 is 19.3 Å². The first-order chi connectivity index (χ1) is 10.6. The number of hydrogen-bond acceptors (Lipinski definition) is 7. The molecule has 2 aromatic heterocycles. The summed E-state index contributed by atoms with van der Waals surface area (Å²) in [7, 11) is 3.05. The third-order valence-corrected chi connectivity index (χ3v) is 3.74. The van der Waals surface area contributed by atoms with Crippen molar-refractivity contribution in [2.75, 3.05) is 20.8 Å². The van der Waals surface area contributed by atoms with E-state index in [-0.39, 0.29) is 17.7 Å². The molecule has 0 radical (unpaired) electrons. The summed E-state index contributed by atoms with van der Waals surface area (Å²) < 4.78 is 17.8. The monoisotopic (exact) mass is 310 g/mol. The predicted octanol–water partition coefficient (Wildman–Crippen LogP) is -0.652. The van der Waals surface area contributed by atoms with Crippen LogP contribution < -0.4 is 5.56 Å². The van der Waals surface area contributed by atoms with Gasteiger partial charge in [0.25, 0.3) is 5.56 Å². The van der Waals surface area contributed by atoms with Crippen LogP contribution >= 0.6 is 0 Å². The number of methoxy groups -OCH3 is 2. The molecule has 9 nitrogen and oxygen atoms in total. The lowest BCUT2D eigenvalue weighted by Gasteiger charge is -2.18. The molecule has 0 saturated carbocycles. The number of nitrogens with zero attached hydrogens (tertiary/aromatic N) is 3. The number of ether oxygens (including phenoxy) is 3. The quantitative estimate of drug-likeness (QED) is 0.771. The molecule has 0 bridgehead atoms. The zero-order valence-corrected chi connectivity index (χ0v) is 12.5. The second-order valence-electron chi connectivity index (χ2n) is 5.19. The van der Waals surface area contributed by atoms with Crippen LogP contribution in [0.5, 0.6) is 0 Å². The molecule has 4 atom stereocenters. The molecule has 1 fully saturated rings. The van der Waals surface area contributed by atoms with E-state index in [0.29, 0.717) is 11.5 Å². The van der Waals surface area contributed by atoms with Crippen molar-refractivity contribution in [2.24, 2.45) is 0 Å². The van der Waals surface area contributed by atoms with E-state index < -0.39 is 24.5 Å². The first-order valence-electron chi connectivity index (χ1n) is 6.85. The summed E-state index contributed by atoms with van der Waals surface area (Å²) in [6.07, 6.45) is -1.20. The summed E-state index contributed by atoms with van der Waals surface area (Å²) in [4.78, 5) is 22.8. The Balaban J connectivity index is 2.02. The number of aryl methyl sites for hydroxylation is 1. The van der Waals surface area contributed by atoms with Crippen LogP contribution in [-0.4, -0.2) is 63.8 Å². The molecule has 0 aliphatic carbocycles. The molecule has 3 heterocycles. The van der Waals surface area contributed by atoms with Crippen LogP contribution in [0.4, 0.5) is 0 Å². The zero-order chi connectivity index (χ0) is 15.9. The fraction of sp³-hybridized carbons (Fsp3) is 0.615. The lowest BCUT2D eigenvalue weighted by molar-refractivity contribution is -0.0612. The highest BCUT2D eigenvalue weighted by Gasteiger charge is 2.45. The minimum Gasteiger partial charge on any atom is -0.386 e. The molecule has 0 amide bonds. The summed E-state index contributed by atoms with van der Waals surface area (Å²) in [6, 6.07) is 0. The summed E-state index contributed by atoms with van der Waals surface area (Å²) >= 11 is 0. The molecule has 9 heteroatoms. The number of aromatic amines is 1. The largest absolute Gasteiger partial charge is 0.386 e. The molecule has 1 aliphatic heterocycles. The average molecular weight is 310 g/mol. The lowest BCUT2D eigenvalue weighted by atomic mass is 10.1. The molecule has 0 aromatic carbocycles. The van der Waals surface area contributed by atoms with E-state index in [1.807, 2.05) is 0 Å². The van der Waals surface area contributed by atoms with Gasteiger partial charge in [0, 0.05) is 14.2 Å². The molecule has 0 spiro atoms. The zero-order valence-electron chi connectivity index (χ0n) is 12.5. The Kier molecular flexibility index (Phi) is 3.96. The highest BCUT2D eigenvalue weighted by molar-refractivity contribution is 5.69. The van der Waals surface area contributed by atoms with Gasteiger partial charge in [-0.25, -0.2) is 9.97 Å². The SMILES string of the molecule is COC[C@H]1O[C@@H](n2cnc3c(=O)[nH]c(C)nc32)[C@@H](O)[C@H]1OC. The Morgan fingerprint density at radius 2 is 2.27 bits per heavy atom. The Morgan fingerprint density at radius 1 is 1.50 bits per heavy atom. The maximum atomic E-state index is 11.9. The van der Waals surface area contributed by atoms with Gasteiger partial charge < -0.3 is 24.3 Å². The number of nitrogens with one attached hydrogen (secondary N) is 1. The molecule has 2 aromatic rings. The van der Waals surface area contributed by atoms with Crippen molar-refractivity contribution in [2.45, 2.75) is 31.5 Å². The molecular formula is C13H18N4O5. The van der Waals surface area contributed by atoms with Crippen LogP contribution in [-0.2, 0) is 14.2 Å². The molecule has 22 heavy (non-hydrogen) atoms. The summed E-state index contributed by atoms with van der Waals surface area (Å²) in [5, 5.41) is 10.4. The molecule has 3 rings (SSSR count). The maximum absolute atomic E-state index is 11.9. The molecule has 0 unspecified atom stereocenters. The van der Waals surface area contributed by atoms with E-state index in [1.54, 1.807) is 18.6 Å². The van der Waals surface area contributed by atoms with Crippen LogP contribution in [0, 0.1) is 6.92 Å². The molecule has 2 N–H and O–H groups in total. The number of aliphatic hydroxyl groups excluding tert-OH is 1. The van der Waals surface area contributed by atoms with Crippen LogP contribution in [0.1, 0.15) is 12.1 Å². The third kappa shape index (κ3) is 2.31. The number of fused-ring (bicyclic) bond motifs is 1. The van der Waals surface area contributed by atoms with Gasteiger partial charge in [-0.2, -0.15) is 0 Å². The lowest BCUT2D eigenvalue weighted by Crippen LogP contribution is -2.35.